The molecule has 0 amide bonds. The Balaban J connectivity index is 0.708. The summed E-state index contributed by atoms with van der Waals surface area (Å²) in [5.74, 6) is 1.82. The molecule has 0 aliphatic heterocycles. The lowest BCUT2D eigenvalue weighted by Crippen LogP contribution is -1.98. The Hall–Kier alpha value is -12.0. The van der Waals surface area contributed by atoms with E-state index in [2.05, 4.69) is 337 Å². The van der Waals surface area contributed by atoms with Crippen LogP contribution in [0.2, 0.25) is 0 Å². The highest BCUT2D eigenvalue weighted by molar-refractivity contribution is 6.23. The summed E-state index contributed by atoms with van der Waals surface area (Å²) in [5, 5.41) is 14.6. The highest BCUT2D eigenvalue weighted by Gasteiger charge is 2.23. The van der Waals surface area contributed by atoms with Crippen molar-refractivity contribution < 1.29 is 0 Å². The first-order chi connectivity index (χ1) is 44.6. The summed E-state index contributed by atoms with van der Waals surface area (Å²) >= 11 is 0. The van der Waals surface area contributed by atoms with Gasteiger partial charge < -0.3 is 0 Å². The molecule has 0 bridgehead atoms. The summed E-state index contributed by atoms with van der Waals surface area (Å²) in [6.45, 7) is 0. The van der Waals surface area contributed by atoms with Crippen LogP contribution in [0, 0.1) is 0 Å². The van der Waals surface area contributed by atoms with E-state index < -0.39 is 0 Å². The zero-order valence-corrected chi connectivity index (χ0v) is 49.0. The summed E-state index contributed by atoms with van der Waals surface area (Å²) < 4.78 is 4.60. The minimum Gasteiger partial charge on any atom is -0.292 e. The fourth-order valence-corrected chi connectivity index (χ4v) is 14.4. The zero-order chi connectivity index (χ0) is 59.2. The van der Waals surface area contributed by atoms with Gasteiger partial charge in [0, 0.05) is 22.5 Å². The lowest BCUT2D eigenvalue weighted by Gasteiger charge is -2.18. The van der Waals surface area contributed by atoms with Gasteiger partial charge in [0.1, 0.15) is 11.6 Å². The van der Waals surface area contributed by atoms with E-state index in [0.29, 0.717) is 0 Å². The van der Waals surface area contributed by atoms with E-state index in [0.717, 1.165) is 72.9 Å². The Morgan fingerprint density at radius 1 is 0.189 bits per heavy atom. The van der Waals surface area contributed by atoms with E-state index in [-0.39, 0.29) is 0 Å². The largest absolute Gasteiger partial charge is 0.292 e. The first-order valence-electron chi connectivity index (χ1n) is 30.9. The first-order valence-corrected chi connectivity index (χ1v) is 30.9. The normalized spacial score (nSPS) is 11.8. The van der Waals surface area contributed by atoms with Crippen LogP contribution in [-0.2, 0) is 0 Å². The molecule has 0 spiro atoms. The molecule has 0 atom stereocenters. The highest BCUT2D eigenvalue weighted by atomic mass is 15.1. The molecule has 0 saturated carbocycles. The second-order valence-corrected chi connectivity index (χ2v) is 23.6. The number of imidazole rings is 2. The average Bonchev–Trinajstić information content (AvgIpc) is 1.13. The predicted molar refractivity (Wildman–Crippen MR) is 379 cm³/mol. The number of hydrogen-bond acceptors (Lipinski definition) is 2. The maximum absolute atomic E-state index is 5.58. The molecule has 0 N–H and O–H groups in total. The van der Waals surface area contributed by atoms with E-state index in [1.807, 2.05) is 0 Å². The van der Waals surface area contributed by atoms with Gasteiger partial charge in [-0.2, -0.15) is 0 Å². The lowest BCUT2D eigenvalue weighted by molar-refractivity contribution is 1.10. The van der Waals surface area contributed by atoms with Crippen molar-refractivity contribution in [2.45, 2.75) is 0 Å². The third kappa shape index (κ3) is 8.38. The Morgan fingerprint density at radius 3 is 1.13 bits per heavy atom. The van der Waals surface area contributed by atoms with Crippen LogP contribution in [0.1, 0.15) is 0 Å². The van der Waals surface area contributed by atoms with Crippen LogP contribution in [0.5, 0.6) is 0 Å². The molecule has 4 nitrogen and oxygen atoms in total. The van der Waals surface area contributed by atoms with Crippen LogP contribution < -0.4 is 0 Å². The van der Waals surface area contributed by atoms with Crippen molar-refractivity contribution in [2.75, 3.05) is 0 Å². The van der Waals surface area contributed by atoms with Gasteiger partial charge in [-0.15, -0.1) is 0 Å². The number of aromatic nitrogens is 4. The minimum absolute atomic E-state index is 0.894. The van der Waals surface area contributed by atoms with Gasteiger partial charge in [-0.3, -0.25) is 9.13 Å². The van der Waals surface area contributed by atoms with Crippen LogP contribution in [0.25, 0.3) is 176 Å². The Bertz CT molecular complexity index is 5780. The van der Waals surface area contributed by atoms with Crippen molar-refractivity contribution >= 4 is 86.7 Å². The van der Waals surface area contributed by atoms with Crippen LogP contribution in [0.15, 0.2) is 328 Å². The Labute approximate surface area is 520 Å². The molecule has 0 aliphatic carbocycles. The van der Waals surface area contributed by atoms with Crippen molar-refractivity contribution in [1.29, 1.82) is 0 Å². The van der Waals surface area contributed by atoms with Crippen LogP contribution in [0.4, 0.5) is 0 Å². The van der Waals surface area contributed by atoms with Crippen molar-refractivity contribution in [3.05, 3.63) is 328 Å². The van der Waals surface area contributed by atoms with Crippen molar-refractivity contribution in [2.24, 2.45) is 0 Å². The number of nitrogens with zero attached hydrogens (tertiary/aromatic N) is 4. The summed E-state index contributed by atoms with van der Waals surface area (Å²) in [6, 6.07) is 119. The number of rotatable bonds is 9. The lowest BCUT2D eigenvalue weighted by atomic mass is 9.85. The van der Waals surface area contributed by atoms with Crippen LogP contribution >= 0.6 is 0 Å². The Kier molecular flexibility index (Phi) is 11.9. The molecule has 90 heavy (non-hydrogen) atoms. The number of para-hydroxylation sites is 3. The van der Waals surface area contributed by atoms with Crippen LogP contribution in [-0.4, -0.2) is 19.1 Å². The second kappa shape index (κ2) is 20.9. The summed E-state index contributed by atoms with van der Waals surface area (Å²) in [4.78, 5) is 10.7. The molecule has 0 unspecified atom stereocenters. The fraction of sp³-hybridized carbons (Fsp3) is 0. The fourth-order valence-electron chi connectivity index (χ4n) is 14.4. The van der Waals surface area contributed by atoms with Crippen molar-refractivity contribution in [3.8, 4) is 89.8 Å². The van der Waals surface area contributed by atoms with Gasteiger partial charge in [0.15, 0.2) is 0 Å². The highest BCUT2D eigenvalue weighted by Crippen LogP contribution is 2.47. The second-order valence-electron chi connectivity index (χ2n) is 23.6. The molecule has 16 aromatic carbocycles. The molecule has 418 valence electrons. The van der Waals surface area contributed by atoms with Gasteiger partial charge in [0.25, 0.3) is 0 Å². The molecular weight excluding hydrogens is 1090 g/mol. The topological polar surface area (TPSA) is 35.6 Å². The van der Waals surface area contributed by atoms with Gasteiger partial charge >= 0.3 is 0 Å². The molecule has 0 aliphatic rings. The molecule has 4 heteroatoms. The van der Waals surface area contributed by atoms with Gasteiger partial charge in [-0.1, -0.05) is 255 Å². The van der Waals surface area contributed by atoms with Gasteiger partial charge in [-0.05, 0) is 193 Å². The van der Waals surface area contributed by atoms with Crippen LogP contribution in [0.3, 0.4) is 0 Å². The molecular formula is C86H54N4. The van der Waals surface area contributed by atoms with Crippen molar-refractivity contribution in [3.63, 3.8) is 0 Å². The summed E-state index contributed by atoms with van der Waals surface area (Å²) in [5.41, 5.74) is 20.2. The smallest absolute Gasteiger partial charge is 0.145 e. The standard InChI is InChI=1S/C86H54N4/c1-3-21-57(22-4-1)85-87-77-36-17-18-37-79(77)90(85)68-47-44-56(45-48-68)81-69-28-9-11-30-71(69)83(72-31-12-10-29-70(72)81)64-43-41-61-50-60(39-40-62(61)52-64)59-24-19-25-66(53-59)86-88-78-54-65(46-49-80(78)89(86)67-26-5-2-6-27-67)84-75-34-15-13-32-73(75)82(74-33-14-16-35-76(74)84)63-42-38-55-20-7-8-23-58(55)51-63/h1-54H. The van der Waals surface area contributed by atoms with Gasteiger partial charge in [0.05, 0.1) is 22.1 Å². The molecule has 0 radical (unpaired) electrons. The molecule has 0 saturated heterocycles. The minimum atomic E-state index is 0.894. The van der Waals surface area contributed by atoms with Crippen molar-refractivity contribution in [1.82, 2.24) is 19.1 Å². The quantitative estimate of drug-likeness (QED) is 0.135. The monoisotopic (exact) mass is 1140 g/mol. The average molecular weight is 1140 g/mol. The zero-order valence-electron chi connectivity index (χ0n) is 49.0. The first kappa shape index (κ1) is 51.3. The summed E-state index contributed by atoms with van der Waals surface area (Å²) in [7, 11) is 0. The predicted octanol–water partition coefficient (Wildman–Crippen LogP) is 23.0. The molecule has 0 fully saturated rings. The Morgan fingerprint density at radius 2 is 0.544 bits per heavy atom. The molecule has 2 aromatic heterocycles. The van der Waals surface area contributed by atoms with Gasteiger partial charge in [0.2, 0.25) is 0 Å². The number of fused-ring (bicyclic) bond motifs is 8. The third-order valence-electron chi connectivity index (χ3n) is 18.4. The van der Waals surface area contributed by atoms with Gasteiger partial charge in [-0.25, -0.2) is 9.97 Å². The molecule has 2 heterocycles. The number of benzene rings is 16. The van der Waals surface area contributed by atoms with E-state index in [1.165, 1.54) is 104 Å². The van der Waals surface area contributed by atoms with E-state index in [4.69, 9.17) is 9.97 Å². The summed E-state index contributed by atoms with van der Waals surface area (Å²) in [6.07, 6.45) is 0. The maximum Gasteiger partial charge on any atom is 0.145 e. The molecule has 18 rings (SSSR count). The SMILES string of the molecule is c1ccc(-c2nc3ccccc3n2-c2ccc(-c3c4ccccc4c(-c4ccc5cc(-c6cccc(-c7nc8cc(-c9c%10ccccc%10c(-c%10ccc%11ccccc%11c%10)c%10ccccc9%10)ccc8n7-c7ccccc7)c6)ccc5c4)c4ccccc34)cc2)cc1. The third-order valence-corrected chi connectivity index (χ3v) is 18.4. The van der Waals surface area contributed by atoms with E-state index in [9.17, 15) is 0 Å². The molecule has 18 aromatic rings. The van der Waals surface area contributed by atoms with E-state index >= 15 is 0 Å². The number of hydrogen-bond donors (Lipinski definition) is 0. The van der Waals surface area contributed by atoms with E-state index in [1.54, 1.807) is 0 Å². The maximum atomic E-state index is 5.58.